The van der Waals surface area contributed by atoms with Crippen molar-refractivity contribution in [2.24, 2.45) is 4.99 Å². The van der Waals surface area contributed by atoms with Gasteiger partial charge in [0.25, 0.3) is 0 Å². The van der Waals surface area contributed by atoms with Crippen LogP contribution in [0, 0.1) is 0 Å². The van der Waals surface area contributed by atoms with Crippen LogP contribution in [0.4, 0.5) is 0 Å². The highest BCUT2D eigenvalue weighted by atomic mass is 16.5. The highest BCUT2D eigenvalue weighted by molar-refractivity contribution is 5.90. The fourth-order valence-corrected chi connectivity index (χ4v) is 2.00. The number of aliphatic imine (C=N–C) groups is 1. The molecule has 1 unspecified atom stereocenters. The third kappa shape index (κ3) is 4.33. The highest BCUT2D eigenvalue weighted by Gasteiger charge is 2.30. The van der Waals surface area contributed by atoms with E-state index in [1.807, 2.05) is 0 Å². The van der Waals surface area contributed by atoms with Crippen molar-refractivity contribution in [3.05, 3.63) is 0 Å². The van der Waals surface area contributed by atoms with Gasteiger partial charge in [0.05, 0.1) is 0 Å². The first-order valence-electron chi connectivity index (χ1n) is 6.32. The lowest BCUT2D eigenvalue weighted by molar-refractivity contribution is 0.00507. The molecule has 2 heteroatoms. The van der Waals surface area contributed by atoms with Crippen molar-refractivity contribution in [3.63, 3.8) is 0 Å². The van der Waals surface area contributed by atoms with Crippen molar-refractivity contribution in [1.82, 2.24) is 0 Å². The Morgan fingerprint density at radius 1 is 1.13 bits per heavy atom. The third-order valence-corrected chi connectivity index (χ3v) is 2.88. The fraction of sp³-hybridized carbons (Fsp3) is 0.923. The van der Waals surface area contributed by atoms with Gasteiger partial charge in [0.1, 0.15) is 5.60 Å². The first kappa shape index (κ1) is 14.6. The Balaban J connectivity index is 4.70. The summed E-state index contributed by atoms with van der Waals surface area (Å²) in [7, 11) is 0. The Bertz CT molecular complexity index is 181. The Hall–Kier alpha value is -0.370. The van der Waals surface area contributed by atoms with Crippen molar-refractivity contribution in [1.29, 1.82) is 0 Å². The molecule has 1 atom stereocenters. The molecule has 0 saturated heterocycles. The summed E-state index contributed by atoms with van der Waals surface area (Å²) in [6.07, 6.45) is 4.35. The first-order chi connectivity index (χ1) is 7.16. The molecule has 0 aromatic rings. The molecule has 0 heterocycles. The second kappa shape index (κ2) is 7.86. The average Bonchev–Trinajstić information content (AvgIpc) is 2.25. The number of rotatable bonds is 8. The topological polar surface area (TPSA) is 21.6 Å². The molecule has 0 aromatic heterocycles. The van der Waals surface area contributed by atoms with E-state index in [2.05, 4.69) is 39.6 Å². The fourth-order valence-electron chi connectivity index (χ4n) is 2.00. The van der Waals surface area contributed by atoms with Crippen LogP contribution in [0.5, 0.6) is 0 Å². The monoisotopic (exact) mass is 213 g/mol. The second-order valence-electron chi connectivity index (χ2n) is 4.00. The van der Waals surface area contributed by atoms with Crippen LogP contribution < -0.4 is 0 Å². The molecule has 0 spiro atoms. The van der Waals surface area contributed by atoms with Gasteiger partial charge in [0.15, 0.2) is 0 Å². The molecule has 0 aliphatic rings. The van der Waals surface area contributed by atoms with Gasteiger partial charge >= 0.3 is 0 Å². The van der Waals surface area contributed by atoms with E-state index in [1.165, 1.54) is 5.71 Å². The van der Waals surface area contributed by atoms with Crippen LogP contribution in [0.15, 0.2) is 4.99 Å². The minimum atomic E-state index is -0.0985. The van der Waals surface area contributed by atoms with Crippen molar-refractivity contribution in [2.75, 3.05) is 13.2 Å². The minimum Gasteiger partial charge on any atom is -0.369 e. The van der Waals surface area contributed by atoms with Gasteiger partial charge in [-0.3, -0.25) is 4.99 Å². The first-order valence-corrected chi connectivity index (χ1v) is 6.32. The van der Waals surface area contributed by atoms with Gasteiger partial charge in [0.2, 0.25) is 0 Å². The maximum absolute atomic E-state index is 5.95. The number of hydrogen-bond acceptors (Lipinski definition) is 2. The Morgan fingerprint density at radius 3 is 2.20 bits per heavy atom. The molecule has 0 amide bonds. The Morgan fingerprint density at radius 2 is 1.80 bits per heavy atom. The van der Waals surface area contributed by atoms with E-state index in [4.69, 9.17) is 4.74 Å². The van der Waals surface area contributed by atoms with E-state index < -0.39 is 0 Å². The summed E-state index contributed by atoms with van der Waals surface area (Å²) in [4.78, 5) is 4.61. The van der Waals surface area contributed by atoms with E-state index in [0.29, 0.717) is 0 Å². The molecule has 0 rings (SSSR count). The maximum Gasteiger partial charge on any atom is 0.105 e. The zero-order valence-electron chi connectivity index (χ0n) is 11.1. The number of hydrogen-bond donors (Lipinski definition) is 0. The van der Waals surface area contributed by atoms with Gasteiger partial charge in [-0.25, -0.2) is 0 Å². The molecule has 0 aromatic carbocycles. The second-order valence-corrected chi connectivity index (χ2v) is 4.00. The van der Waals surface area contributed by atoms with E-state index in [1.54, 1.807) is 0 Å². The third-order valence-electron chi connectivity index (χ3n) is 2.88. The Labute approximate surface area is 95.1 Å². The predicted molar refractivity (Wildman–Crippen MR) is 67.8 cm³/mol. The van der Waals surface area contributed by atoms with E-state index in [9.17, 15) is 0 Å². The van der Waals surface area contributed by atoms with Gasteiger partial charge in [-0.2, -0.15) is 0 Å². The van der Waals surface area contributed by atoms with Crippen LogP contribution in [0.2, 0.25) is 0 Å². The molecule has 90 valence electrons. The van der Waals surface area contributed by atoms with Crippen molar-refractivity contribution >= 4 is 5.71 Å². The van der Waals surface area contributed by atoms with Crippen LogP contribution in [-0.4, -0.2) is 24.5 Å². The lowest BCUT2D eigenvalue weighted by Gasteiger charge is -2.32. The minimum absolute atomic E-state index is 0.0985. The van der Waals surface area contributed by atoms with E-state index in [0.717, 1.165) is 38.8 Å². The molecular weight excluding hydrogens is 186 g/mol. The van der Waals surface area contributed by atoms with Gasteiger partial charge in [0, 0.05) is 18.9 Å². The molecule has 15 heavy (non-hydrogen) atoms. The summed E-state index contributed by atoms with van der Waals surface area (Å²) in [6, 6.07) is 0. The van der Waals surface area contributed by atoms with Crippen LogP contribution in [0.3, 0.4) is 0 Å². The summed E-state index contributed by atoms with van der Waals surface area (Å²) >= 11 is 0. The molecule has 0 fully saturated rings. The lowest BCUT2D eigenvalue weighted by atomic mass is 9.89. The number of ether oxygens (including phenoxy) is 1. The lowest BCUT2D eigenvalue weighted by Crippen LogP contribution is -2.39. The summed E-state index contributed by atoms with van der Waals surface area (Å²) in [5, 5.41) is 0. The molecular formula is C13H27NO. The van der Waals surface area contributed by atoms with Gasteiger partial charge in [-0.15, -0.1) is 0 Å². The molecule has 0 radical (unpaired) electrons. The molecule has 2 nitrogen and oxygen atoms in total. The summed E-state index contributed by atoms with van der Waals surface area (Å²) in [6.45, 7) is 12.4. The normalized spacial score (nSPS) is 16.5. The standard InChI is InChI=1S/C13H27NO/c1-6-10-13(8-3,15-9-4)12(5)14-11-7-2/h6-11H2,1-5H3. The zero-order valence-corrected chi connectivity index (χ0v) is 11.1. The summed E-state index contributed by atoms with van der Waals surface area (Å²) < 4.78 is 5.95. The SMILES string of the molecule is CCCN=C(C)C(CC)(CCC)OCC. The van der Waals surface area contributed by atoms with Gasteiger partial charge < -0.3 is 4.74 Å². The molecule has 0 aliphatic carbocycles. The largest absolute Gasteiger partial charge is 0.369 e. The van der Waals surface area contributed by atoms with Crippen LogP contribution in [0.25, 0.3) is 0 Å². The van der Waals surface area contributed by atoms with Crippen LogP contribution >= 0.6 is 0 Å². The molecule has 0 saturated carbocycles. The molecule has 0 bridgehead atoms. The average molecular weight is 213 g/mol. The number of nitrogens with zero attached hydrogens (tertiary/aromatic N) is 1. The summed E-state index contributed by atoms with van der Waals surface area (Å²) in [5.74, 6) is 0. The van der Waals surface area contributed by atoms with Crippen molar-refractivity contribution < 1.29 is 4.74 Å². The van der Waals surface area contributed by atoms with Crippen LogP contribution in [0.1, 0.15) is 60.3 Å². The molecule has 0 N–H and O–H groups in total. The van der Waals surface area contributed by atoms with Crippen LogP contribution in [-0.2, 0) is 4.74 Å². The zero-order chi connectivity index (χ0) is 11.7. The van der Waals surface area contributed by atoms with Gasteiger partial charge in [-0.1, -0.05) is 27.2 Å². The van der Waals surface area contributed by atoms with Crippen molar-refractivity contribution in [3.8, 4) is 0 Å². The predicted octanol–water partition coefficient (Wildman–Crippen LogP) is 3.84. The Kier molecular flexibility index (Phi) is 7.67. The van der Waals surface area contributed by atoms with E-state index >= 15 is 0 Å². The summed E-state index contributed by atoms with van der Waals surface area (Å²) in [5.41, 5.74) is 1.08. The van der Waals surface area contributed by atoms with Gasteiger partial charge in [-0.05, 0) is 33.1 Å². The van der Waals surface area contributed by atoms with E-state index in [-0.39, 0.29) is 5.60 Å². The maximum atomic E-state index is 5.95. The quantitative estimate of drug-likeness (QED) is 0.561. The highest BCUT2D eigenvalue weighted by Crippen LogP contribution is 2.24. The molecule has 0 aliphatic heterocycles. The smallest absolute Gasteiger partial charge is 0.105 e. The van der Waals surface area contributed by atoms with Crippen molar-refractivity contribution in [2.45, 2.75) is 65.9 Å².